The Morgan fingerprint density at radius 2 is 0.917 bits per heavy atom. The van der Waals surface area contributed by atoms with E-state index in [9.17, 15) is 26.4 Å². The molecule has 0 aliphatic carbocycles. The van der Waals surface area contributed by atoms with Crippen molar-refractivity contribution in [1.29, 1.82) is 0 Å². The second-order valence-electron chi connectivity index (χ2n) is 11.9. The summed E-state index contributed by atoms with van der Waals surface area (Å²) in [5.74, 6) is -0.622. The van der Waals surface area contributed by atoms with Gasteiger partial charge in [-0.05, 0) is 110 Å². The van der Waals surface area contributed by atoms with Gasteiger partial charge in [0.25, 0.3) is 31.9 Å². The molecule has 4 aromatic carbocycles. The number of amides is 2. The molecule has 2 heterocycles. The van der Waals surface area contributed by atoms with Crippen LogP contribution in [0.15, 0.2) is 107 Å². The third kappa shape index (κ3) is 6.95. The molecule has 12 heteroatoms. The summed E-state index contributed by atoms with van der Waals surface area (Å²) in [4.78, 5) is 25.6. The van der Waals surface area contributed by atoms with Gasteiger partial charge in [0.1, 0.15) is 0 Å². The van der Waals surface area contributed by atoms with Gasteiger partial charge in [-0.15, -0.1) is 0 Å². The number of carbonyl (C=O) groups excluding carboxylic acids is 2. The molecule has 48 heavy (non-hydrogen) atoms. The number of fused-ring (bicyclic) bond motifs is 2. The molecule has 2 aliphatic rings. The monoisotopic (exact) mass is 686 g/mol. The number of sulfonamides is 2. The van der Waals surface area contributed by atoms with Crippen molar-refractivity contribution in [1.82, 2.24) is 10.6 Å². The van der Waals surface area contributed by atoms with Gasteiger partial charge in [-0.2, -0.15) is 0 Å². The number of unbranched alkanes of at least 4 members (excludes halogenated alkanes) is 1. The number of benzene rings is 4. The smallest absolute Gasteiger partial charge is 0.264 e. The highest BCUT2D eigenvalue weighted by molar-refractivity contribution is 7.93. The lowest BCUT2D eigenvalue weighted by Crippen LogP contribution is -2.35. The zero-order valence-electron chi connectivity index (χ0n) is 26.5. The van der Waals surface area contributed by atoms with E-state index >= 15 is 0 Å². The zero-order chi connectivity index (χ0) is 33.7. The van der Waals surface area contributed by atoms with Gasteiger partial charge in [0, 0.05) is 37.3 Å². The van der Waals surface area contributed by atoms with Gasteiger partial charge in [-0.1, -0.05) is 36.4 Å². The first-order valence-corrected chi connectivity index (χ1v) is 19.0. The van der Waals surface area contributed by atoms with Crippen molar-refractivity contribution < 1.29 is 26.4 Å². The number of carbonyl (C=O) groups is 2. The number of nitrogens with zero attached hydrogens (tertiary/aromatic N) is 2. The fraction of sp³-hybridized carbons (Fsp3) is 0.278. The maximum atomic E-state index is 13.4. The van der Waals surface area contributed by atoms with Crippen molar-refractivity contribution in [2.75, 3.05) is 34.8 Å². The Morgan fingerprint density at radius 3 is 1.31 bits per heavy atom. The highest BCUT2D eigenvalue weighted by Gasteiger charge is 2.30. The molecule has 2 N–H and O–H groups in total. The van der Waals surface area contributed by atoms with Crippen LogP contribution in [0.25, 0.3) is 0 Å². The van der Waals surface area contributed by atoms with Crippen LogP contribution in [0.4, 0.5) is 11.4 Å². The molecule has 250 valence electrons. The van der Waals surface area contributed by atoms with Crippen molar-refractivity contribution in [2.24, 2.45) is 0 Å². The lowest BCUT2D eigenvalue weighted by atomic mass is 10.0. The summed E-state index contributed by atoms with van der Waals surface area (Å²) >= 11 is 0. The van der Waals surface area contributed by atoms with Crippen LogP contribution in [0.1, 0.15) is 57.5 Å². The first-order valence-electron chi connectivity index (χ1n) is 16.1. The Kier molecular flexibility index (Phi) is 9.83. The summed E-state index contributed by atoms with van der Waals surface area (Å²) in [6.07, 6.45) is 4.39. The van der Waals surface area contributed by atoms with Crippen LogP contribution >= 0.6 is 0 Å². The zero-order valence-corrected chi connectivity index (χ0v) is 28.1. The van der Waals surface area contributed by atoms with Crippen LogP contribution < -0.4 is 19.2 Å². The number of hydrogen-bond donors (Lipinski definition) is 2. The van der Waals surface area contributed by atoms with E-state index < -0.39 is 20.0 Å². The third-order valence-corrected chi connectivity index (χ3v) is 12.4. The minimum atomic E-state index is -3.76. The molecule has 0 saturated heterocycles. The summed E-state index contributed by atoms with van der Waals surface area (Å²) in [6, 6.07) is 26.9. The topological polar surface area (TPSA) is 133 Å². The second kappa shape index (κ2) is 14.2. The second-order valence-corrected chi connectivity index (χ2v) is 15.6. The van der Waals surface area contributed by atoms with E-state index in [2.05, 4.69) is 10.6 Å². The van der Waals surface area contributed by atoms with E-state index in [4.69, 9.17) is 0 Å². The maximum absolute atomic E-state index is 13.4. The fourth-order valence-electron chi connectivity index (χ4n) is 6.17. The van der Waals surface area contributed by atoms with E-state index in [0.717, 1.165) is 36.8 Å². The average molecular weight is 687 g/mol. The van der Waals surface area contributed by atoms with E-state index in [1.165, 1.54) is 57.1 Å². The molecule has 0 saturated carbocycles. The first-order chi connectivity index (χ1) is 23.2. The lowest BCUT2D eigenvalue weighted by Gasteiger charge is -2.30. The summed E-state index contributed by atoms with van der Waals surface area (Å²) < 4.78 is 56.3. The minimum Gasteiger partial charge on any atom is -0.352 e. The predicted octanol–water partition coefficient (Wildman–Crippen LogP) is 4.91. The fourth-order valence-corrected chi connectivity index (χ4v) is 9.25. The number of aryl methyl sites for hydroxylation is 2. The van der Waals surface area contributed by atoms with E-state index in [-0.39, 0.29) is 21.6 Å². The number of rotatable bonds is 11. The maximum Gasteiger partial charge on any atom is 0.264 e. The van der Waals surface area contributed by atoms with Gasteiger partial charge in [-0.3, -0.25) is 18.2 Å². The molecule has 6 rings (SSSR count). The van der Waals surface area contributed by atoms with E-state index in [1.807, 2.05) is 48.5 Å². The highest BCUT2D eigenvalue weighted by atomic mass is 32.2. The Labute approximate surface area is 281 Å². The predicted molar refractivity (Wildman–Crippen MR) is 185 cm³/mol. The standard InChI is InChI=1S/C36H38N4O6S2/c41-35(29-15-19-31(20-16-29)47(43,44)39-25-7-11-27-9-1-3-13-33(27)39)37-23-5-6-24-38-36(42)30-17-21-32(22-18-30)48(45,46)40-26-8-12-28-10-2-4-14-34(28)40/h1-4,9-10,13-22H,5-8,11-12,23-26H2,(H,37,41)(H,38,42). The van der Waals surface area contributed by atoms with Gasteiger partial charge < -0.3 is 10.6 Å². The lowest BCUT2D eigenvalue weighted by molar-refractivity contribution is 0.0939. The summed E-state index contributed by atoms with van der Waals surface area (Å²) in [7, 11) is -7.51. The Morgan fingerprint density at radius 1 is 0.542 bits per heavy atom. The van der Waals surface area contributed by atoms with Crippen LogP contribution in [-0.4, -0.2) is 54.8 Å². The molecule has 0 spiro atoms. The Balaban J connectivity index is 0.945. The summed E-state index contributed by atoms with van der Waals surface area (Å²) in [6.45, 7) is 1.58. The third-order valence-electron chi connectivity index (χ3n) is 8.72. The molecule has 10 nitrogen and oxygen atoms in total. The van der Waals surface area contributed by atoms with Crippen LogP contribution in [0.5, 0.6) is 0 Å². The quantitative estimate of drug-likeness (QED) is 0.216. The number of para-hydroxylation sites is 2. The SMILES string of the molecule is O=C(NCCCCNC(=O)c1ccc(S(=O)(=O)N2CCCc3ccccc32)cc1)c1ccc(S(=O)(=O)N2CCCc3ccccc32)cc1. The van der Waals surface area contributed by atoms with Crippen LogP contribution in [0.2, 0.25) is 0 Å². The first kappa shape index (κ1) is 33.2. The van der Waals surface area contributed by atoms with Crippen LogP contribution in [0, 0.1) is 0 Å². The van der Waals surface area contributed by atoms with Gasteiger partial charge >= 0.3 is 0 Å². The van der Waals surface area contributed by atoms with Gasteiger partial charge in [0.05, 0.1) is 21.2 Å². The molecule has 0 aromatic heterocycles. The van der Waals surface area contributed by atoms with Crippen molar-refractivity contribution in [3.05, 3.63) is 119 Å². The summed E-state index contributed by atoms with van der Waals surface area (Å²) in [5, 5.41) is 5.67. The van der Waals surface area contributed by atoms with E-state index in [0.29, 0.717) is 61.5 Å². The molecule has 0 radical (unpaired) electrons. The number of hydrogen-bond acceptors (Lipinski definition) is 6. The number of nitrogens with one attached hydrogen (secondary N) is 2. The van der Waals surface area contributed by atoms with Crippen molar-refractivity contribution in [3.8, 4) is 0 Å². The number of anilines is 2. The highest BCUT2D eigenvalue weighted by Crippen LogP contribution is 2.33. The molecule has 0 unspecified atom stereocenters. The van der Waals surface area contributed by atoms with E-state index in [1.54, 1.807) is 0 Å². The largest absolute Gasteiger partial charge is 0.352 e. The molecule has 4 aromatic rings. The van der Waals surface area contributed by atoms with Crippen molar-refractivity contribution >= 4 is 43.2 Å². The normalized spacial score (nSPS) is 14.5. The molecule has 2 aliphatic heterocycles. The van der Waals surface area contributed by atoms with Crippen molar-refractivity contribution in [2.45, 2.75) is 48.3 Å². The molecule has 2 amide bonds. The van der Waals surface area contributed by atoms with Crippen LogP contribution in [-0.2, 0) is 32.9 Å². The van der Waals surface area contributed by atoms with Crippen molar-refractivity contribution in [3.63, 3.8) is 0 Å². The molecular weight excluding hydrogens is 649 g/mol. The Hall–Kier alpha value is -4.68. The van der Waals surface area contributed by atoms with Crippen LogP contribution in [0.3, 0.4) is 0 Å². The minimum absolute atomic E-state index is 0.135. The molecule has 0 atom stereocenters. The molecule has 0 fully saturated rings. The van der Waals surface area contributed by atoms with Gasteiger partial charge in [0.15, 0.2) is 0 Å². The van der Waals surface area contributed by atoms with Gasteiger partial charge in [0.2, 0.25) is 0 Å². The summed E-state index contributed by atoms with van der Waals surface area (Å²) in [5.41, 5.74) is 4.12. The Bertz CT molecular complexity index is 1870. The van der Waals surface area contributed by atoms with Gasteiger partial charge in [-0.25, -0.2) is 16.8 Å². The molecule has 0 bridgehead atoms. The molecular formula is C36H38N4O6S2. The average Bonchev–Trinajstić information content (AvgIpc) is 3.12.